The van der Waals surface area contributed by atoms with E-state index in [2.05, 4.69) is 12.2 Å². The van der Waals surface area contributed by atoms with Gasteiger partial charge in [0.25, 0.3) is 0 Å². The predicted molar refractivity (Wildman–Crippen MR) is 50.4 cm³/mol. The van der Waals surface area contributed by atoms with E-state index in [-0.39, 0.29) is 6.61 Å². The van der Waals surface area contributed by atoms with Gasteiger partial charge in [-0.15, -0.1) is 0 Å². The van der Waals surface area contributed by atoms with E-state index in [1.165, 1.54) is 0 Å². The van der Waals surface area contributed by atoms with Crippen LogP contribution in [0.4, 0.5) is 0 Å². The zero-order chi connectivity index (χ0) is 7.82. The van der Waals surface area contributed by atoms with Gasteiger partial charge in [0.15, 0.2) is 0 Å². The third kappa shape index (κ3) is 8.20. The second kappa shape index (κ2) is 7.31. The maximum atomic E-state index is 8.41. The SMILES string of the molecule is NC(=S)CCSCCCO. The van der Waals surface area contributed by atoms with Crippen molar-refractivity contribution in [1.82, 2.24) is 0 Å². The van der Waals surface area contributed by atoms with E-state index in [0.29, 0.717) is 4.99 Å². The summed E-state index contributed by atoms with van der Waals surface area (Å²) in [6.45, 7) is 0.278. The van der Waals surface area contributed by atoms with Crippen LogP contribution in [-0.4, -0.2) is 28.2 Å². The van der Waals surface area contributed by atoms with Crippen molar-refractivity contribution in [1.29, 1.82) is 0 Å². The number of aliphatic hydroxyl groups excluding tert-OH is 1. The van der Waals surface area contributed by atoms with Gasteiger partial charge in [0.05, 0.1) is 4.99 Å². The van der Waals surface area contributed by atoms with E-state index in [0.717, 1.165) is 24.3 Å². The molecule has 0 fully saturated rings. The number of hydrogen-bond donors (Lipinski definition) is 2. The monoisotopic (exact) mass is 179 g/mol. The summed E-state index contributed by atoms with van der Waals surface area (Å²) in [7, 11) is 0. The average Bonchev–Trinajstić information content (AvgIpc) is 1.87. The standard InChI is InChI=1S/C6H13NOS2/c7-6(9)2-5-10-4-1-3-8/h8H,1-5H2,(H2,7,9). The molecule has 0 heterocycles. The second-order valence-electron chi connectivity index (χ2n) is 1.91. The van der Waals surface area contributed by atoms with Crippen LogP contribution in [0.5, 0.6) is 0 Å². The van der Waals surface area contributed by atoms with Crippen molar-refractivity contribution in [2.75, 3.05) is 18.1 Å². The molecule has 3 N–H and O–H groups in total. The van der Waals surface area contributed by atoms with Crippen LogP contribution in [-0.2, 0) is 0 Å². The summed E-state index contributed by atoms with van der Waals surface area (Å²) in [4.78, 5) is 0.580. The molecule has 0 aromatic carbocycles. The number of thioether (sulfide) groups is 1. The first-order valence-electron chi connectivity index (χ1n) is 3.24. The normalized spacial score (nSPS) is 9.70. The Labute approximate surface area is 71.2 Å². The molecule has 0 bridgehead atoms. The van der Waals surface area contributed by atoms with E-state index in [1.807, 2.05) is 0 Å². The van der Waals surface area contributed by atoms with Crippen LogP contribution in [0, 0.1) is 0 Å². The third-order valence-corrected chi connectivity index (χ3v) is 2.21. The van der Waals surface area contributed by atoms with Crippen LogP contribution >= 0.6 is 24.0 Å². The Balaban J connectivity index is 2.84. The van der Waals surface area contributed by atoms with Gasteiger partial charge in [-0.2, -0.15) is 11.8 Å². The van der Waals surface area contributed by atoms with Crippen molar-refractivity contribution in [3.05, 3.63) is 0 Å². The molecular formula is C6H13NOS2. The van der Waals surface area contributed by atoms with E-state index < -0.39 is 0 Å². The fourth-order valence-electron chi connectivity index (χ4n) is 0.441. The zero-order valence-corrected chi connectivity index (χ0v) is 7.51. The van der Waals surface area contributed by atoms with Crippen molar-refractivity contribution < 1.29 is 5.11 Å². The highest BCUT2D eigenvalue weighted by atomic mass is 32.2. The molecule has 0 atom stereocenters. The van der Waals surface area contributed by atoms with Crippen LogP contribution in [0.2, 0.25) is 0 Å². The minimum absolute atomic E-state index is 0.278. The van der Waals surface area contributed by atoms with Gasteiger partial charge in [-0.1, -0.05) is 12.2 Å². The Hall–Kier alpha value is 0.200. The van der Waals surface area contributed by atoms with Gasteiger partial charge >= 0.3 is 0 Å². The van der Waals surface area contributed by atoms with Crippen molar-refractivity contribution in [2.24, 2.45) is 5.73 Å². The highest BCUT2D eigenvalue weighted by molar-refractivity contribution is 7.99. The largest absolute Gasteiger partial charge is 0.396 e. The summed E-state index contributed by atoms with van der Waals surface area (Å²) < 4.78 is 0. The van der Waals surface area contributed by atoms with Crippen LogP contribution in [0.15, 0.2) is 0 Å². The molecule has 4 heteroatoms. The molecule has 0 aliphatic rings. The lowest BCUT2D eigenvalue weighted by Gasteiger charge is -1.97. The lowest BCUT2D eigenvalue weighted by atomic mass is 10.5. The summed E-state index contributed by atoms with van der Waals surface area (Å²) in [5, 5.41) is 8.41. The Morgan fingerprint density at radius 2 is 2.20 bits per heavy atom. The summed E-state index contributed by atoms with van der Waals surface area (Å²) in [5.41, 5.74) is 5.28. The lowest BCUT2D eigenvalue weighted by Crippen LogP contribution is -2.08. The van der Waals surface area contributed by atoms with E-state index in [9.17, 15) is 0 Å². The van der Waals surface area contributed by atoms with Gasteiger partial charge in [0, 0.05) is 13.0 Å². The van der Waals surface area contributed by atoms with Crippen LogP contribution in [0.25, 0.3) is 0 Å². The molecule has 0 radical (unpaired) electrons. The highest BCUT2D eigenvalue weighted by Gasteiger charge is 1.90. The number of rotatable bonds is 6. The highest BCUT2D eigenvalue weighted by Crippen LogP contribution is 2.03. The van der Waals surface area contributed by atoms with Crippen molar-refractivity contribution in [3.63, 3.8) is 0 Å². The first-order chi connectivity index (χ1) is 4.77. The fraction of sp³-hybridized carbons (Fsp3) is 0.833. The Kier molecular flexibility index (Phi) is 7.45. The van der Waals surface area contributed by atoms with E-state index in [4.69, 9.17) is 10.8 Å². The first-order valence-corrected chi connectivity index (χ1v) is 4.80. The van der Waals surface area contributed by atoms with Gasteiger partial charge < -0.3 is 10.8 Å². The molecule has 0 amide bonds. The summed E-state index contributed by atoms with van der Waals surface area (Å²) in [5.74, 6) is 1.98. The fourth-order valence-corrected chi connectivity index (χ4v) is 1.57. The van der Waals surface area contributed by atoms with Gasteiger partial charge in [-0.05, 0) is 17.9 Å². The number of aliphatic hydroxyl groups is 1. The molecule has 10 heavy (non-hydrogen) atoms. The molecule has 60 valence electrons. The number of hydrogen-bond acceptors (Lipinski definition) is 3. The summed E-state index contributed by atoms with van der Waals surface area (Å²) in [6.07, 6.45) is 1.67. The third-order valence-electron chi connectivity index (χ3n) is 0.940. The molecule has 0 rings (SSSR count). The smallest absolute Gasteiger partial charge is 0.0735 e. The van der Waals surface area contributed by atoms with Crippen molar-refractivity contribution >= 4 is 29.0 Å². The minimum atomic E-state index is 0.278. The molecule has 0 aliphatic heterocycles. The van der Waals surface area contributed by atoms with Crippen molar-refractivity contribution in [2.45, 2.75) is 12.8 Å². The predicted octanol–water partition coefficient (Wildman–Crippen LogP) is 0.778. The molecule has 0 saturated carbocycles. The Bertz CT molecular complexity index is 97.7. The lowest BCUT2D eigenvalue weighted by molar-refractivity contribution is 0.296. The van der Waals surface area contributed by atoms with Gasteiger partial charge in [-0.3, -0.25) is 0 Å². The maximum Gasteiger partial charge on any atom is 0.0735 e. The quantitative estimate of drug-likeness (QED) is 0.467. The number of nitrogens with two attached hydrogens (primary N) is 1. The van der Waals surface area contributed by atoms with Crippen LogP contribution < -0.4 is 5.73 Å². The number of thiocarbonyl (C=S) groups is 1. The molecule has 0 unspecified atom stereocenters. The molecule has 0 aliphatic carbocycles. The van der Waals surface area contributed by atoms with Crippen LogP contribution in [0.1, 0.15) is 12.8 Å². The first kappa shape index (κ1) is 10.2. The van der Waals surface area contributed by atoms with Gasteiger partial charge in [-0.25, -0.2) is 0 Å². The van der Waals surface area contributed by atoms with E-state index >= 15 is 0 Å². The molecule has 0 aromatic heterocycles. The Morgan fingerprint density at radius 3 is 2.70 bits per heavy atom. The topological polar surface area (TPSA) is 46.2 Å². The molecule has 0 aromatic rings. The average molecular weight is 179 g/mol. The second-order valence-corrected chi connectivity index (χ2v) is 3.65. The molecular weight excluding hydrogens is 166 g/mol. The summed E-state index contributed by atoms with van der Waals surface area (Å²) in [6, 6.07) is 0. The molecule has 0 saturated heterocycles. The maximum absolute atomic E-state index is 8.41. The summed E-state index contributed by atoms with van der Waals surface area (Å²) >= 11 is 6.47. The van der Waals surface area contributed by atoms with Gasteiger partial charge in [0.1, 0.15) is 0 Å². The molecule has 2 nitrogen and oxygen atoms in total. The zero-order valence-electron chi connectivity index (χ0n) is 5.88. The van der Waals surface area contributed by atoms with Gasteiger partial charge in [0.2, 0.25) is 0 Å². The van der Waals surface area contributed by atoms with Crippen molar-refractivity contribution in [3.8, 4) is 0 Å². The van der Waals surface area contributed by atoms with Crippen LogP contribution in [0.3, 0.4) is 0 Å². The minimum Gasteiger partial charge on any atom is -0.396 e. The van der Waals surface area contributed by atoms with E-state index in [1.54, 1.807) is 11.8 Å². The Morgan fingerprint density at radius 1 is 1.50 bits per heavy atom. The molecule has 0 spiro atoms.